The summed E-state index contributed by atoms with van der Waals surface area (Å²) < 4.78 is 66.0. The maximum absolute atomic E-state index is 13.9. The van der Waals surface area contributed by atoms with Gasteiger partial charge < -0.3 is 20.5 Å². The quantitative estimate of drug-likeness (QED) is 0.673. The van der Waals surface area contributed by atoms with E-state index in [1.165, 1.54) is 38.4 Å². The van der Waals surface area contributed by atoms with E-state index in [2.05, 4.69) is 10.3 Å². The van der Waals surface area contributed by atoms with E-state index >= 15 is 0 Å². The second-order valence-corrected chi connectivity index (χ2v) is 7.63. The molecule has 2 heterocycles. The predicted octanol–water partition coefficient (Wildman–Crippen LogP) is 3.41. The largest absolute Gasteiger partial charge is 0.496 e. The smallest absolute Gasteiger partial charge is 0.417 e. The van der Waals surface area contributed by atoms with Gasteiger partial charge in [-0.05, 0) is 25.1 Å². The molecule has 0 aliphatic carbocycles. The third kappa shape index (κ3) is 4.12. The highest BCUT2D eigenvalue weighted by Crippen LogP contribution is 2.54. The zero-order valence-electron chi connectivity index (χ0n) is 17.4. The monoisotopic (exact) mass is 455 g/mol. The number of alkyl halides is 3. The van der Waals surface area contributed by atoms with Gasteiger partial charge in [-0.15, -0.1) is 0 Å². The highest BCUT2D eigenvalue weighted by Gasteiger charge is 2.65. The minimum absolute atomic E-state index is 0.00500. The number of carbonyl (C=O) groups is 2. The van der Waals surface area contributed by atoms with E-state index in [4.69, 9.17) is 15.2 Å². The third-order valence-electron chi connectivity index (χ3n) is 5.76. The highest BCUT2D eigenvalue weighted by atomic mass is 19.4. The summed E-state index contributed by atoms with van der Waals surface area (Å²) in [4.78, 5) is 28.1. The second kappa shape index (κ2) is 8.38. The van der Waals surface area contributed by atoms with E-state index < -0.39 is 47.3 Å². The van der Waals surface area contributed by atoms with Crippen LogP contribution >= 0.6 is 0 Å². The molecule has 4 atom stereocenters. The van der Waals surface area contributed by atoms with Crippen molar-refractivity contribution in [3.05, 3.63) is 53.6 Å². The molecule has 1 fully saturated rings. The molecule has 0 radical (unpaired) electrons. The standard InChI is InChI=1S/C21H21F4N3O4/c1-10-16(13-5-4-11(22)8-15(13)31-3)17(32-20(10,2)21(23,24)25)19(30)28-12-6-7-27-14(9-12)18(26)29/h4-10,16-17H,1-3H3,(H2,26,29)(H,27,28,30)/t10-,16+,17-,20+/m0/s1. The molecule has 11 heteroatoms. The fraction of sp³-hybridized carbons (Fsp3) is 0.381. The summed E-state index contributed by atoms with van der Waals surface area (Å²) in [6, 6.07) is 5.92. The number of nitrogens with two attached hydrogens (primary N) is 1. The van der Waals surface area contributed by atoms with Crippen LogP contribution in [0.1, 0.15) is 35.8 Å². The Morgan fingerprint density at radius 2 is 1.94 bits per heavy atom. The van der Waals surface area contributed by atoms with Gasteiger partial charge in [-0.1, -0.05) is 13.0 Å². The van der Waals surface area contributed by atoms with E-state index in [-0.39, 0.29) is 22.7 Å². The van der Waals surface area contributed by atoms with Crippen molar-refractivity contribution in [1.82, 2.24) is 4.98 Å². The maximum Gasteiger partial charge on any atom is 0.417 e. The van der Waals surface area contributed by atoms with E-state index in [1.807, 2.05) is 0 Å². The van der Waals surface area contributed by atoms with E-state index in [1.54, 1.807) is 0 Å². The number of amides is 2. The first-order valence-electron chi connectivity index (χ1n) is 9.53. The van der Waals surface area contributed by atoms with E-state index in [9.17, 15) is 27.2 Å². The number of benzene rings is 1. The van der Waals surface area contributed by atoms with Gasteiger partial charge in [-0.25, -0.2) is 4.39 Å². The molecule has 3 N–H and O–H groups in total. The van der Waals surface area contributed by atoms with E-state index in [0.717, 1.165) is 19.1 Å². The van der Waals surface area contributed by atoms with Crippen LogP contribution in [0.4, 0.5) is 23.2 Å². The van der Waals surface area contributed by atoms with Crippen molar-refractivity contribution in [2.75, 3.05) is 12.4 Å². The minimum Gasteiger partial charge on any atom is -0.496 e. The Kier molecular flexibility index (Phi) is 6.14. The number of aromatic nitrogens is 1. The van der Waals surface area contributed by atoms with Gasteiger partial charge in [0.1, 0.15) is 23.4 Å². The zero-order valence-corrected chi connectivity index (χ0v) is 17.4. The molecule has 1 saturated heterocycles. The molecule has 172 valence electrons. The molecule has 1 aliphatic heterocycles. The SMILES string of the molecule is COc1cc(F)ccc1[C@@H]1[C@@H](C(=O)Nc2ccnc(C(N)=O)c2)O[C@@](C)(C(F)(F)F)[C@H]1C. The normalized spacial score (nSPS) is 25.4. The van der Waals surface area contributed by atoms with Crippen molar-refractivity contribution in [1.29, 1.82) is 0 Å². The molecule has 0 spiro atoms. The number of methoxy groups -OCH3 is 1. The number of hydrogen-bond acceptors (Lipinski definition) is 5. The van der Waals surface area contributed by atoms with Crippen LogP contribution in [0.5, 0.6) is 5.75 Å². The summed E-state index contributed by atoms with van der Waals surface area (Å²) in [7, 11) is 1.25. The summed E-state index contributed by atoms with van der Waals surface area (Å²) in [6.45, 7) is 2.18. The number of nitrogens with one attached hydrogen (secondary N) is 1. The topological polar surface area (TPSA) is 104 Å². The van der Waals surface area contributed by atoms with Crippen LogP contribution in [0.15, 0.2) is 36.5 Å². The van der Waals surface area contributed by atoms with E-state index in [0.29, 0.717) is 0 Å². The number of hydrogen-bond donors (Lipinski definition) is 2. The van der Waals surface area contributed by atoms with Gasteiger partial charge in [0.25, 0.3) is 11.8 Å². The van der Waals surface area contributed by atoms with Gasteiger partial charge in [-0.2, -0.15) is 13.2 Å². The number of primary amides is 1. The Morgan fingerprint density at radius 3 is 2.53 bits per heavy atom. The van der Waals surface area contributed by atoms with Gasteiger partial charge in [0.05, 0.1) is 7.11 Å². The molecule has 0 bridgehead atoms. The Morgan fingerprint density at radius 1 is 1.25 bits per heavy atom. The molecule has 0 unspecified atom stereocenters. The maximum atomic E-state index is 13.9. The van der Waals surface area contributed by atoms with Crippen LogP contribution in [-0.4, -0.2) is 41.8 Å². The molecule has 1 aromatic carbocycles. The molecule has 3 rings (SSSR count). The summed E-state index contributed by atoms with van der Waals surface area (Å²) in [5.74, 6) is -4.72. The lowest BCUT2D eigenvalue weighted by Gasteiger charge is -2.32. The number of anilines is 1. The van der Waals surface area contributed by atoms with Gasteiger partial charge >= 0.3 is 6.18 Å². The average molecular weight is 455 g/mol. The van der Waals surface area contributed by atoms with Crippen LogP contribution in [0, 0.1) is 11.7 Å². The summed E-state index contributed by atoms with van der Waals surface area (Å²) in [6.07, 6.45) is -5.17. The van der Waals surface area contributed by atoms with Crippen molar-refractivity contribution in [2.24, 2.45) is 11.7 Å². The van der Waals surface area contributed by atoms with Crippen LogP contribution < -0.4 is 15.8 Å². The molecule has 2 amide bonds. The highest BCUT2D eigenvalue weighted by molar-refractivity contribution is 5.97. The molecular formula is C21H21F4N3O4. The number of nitrogens with zero attached hydrogens (tertiary/aromatic N) is 1. The molecule has 32 heavy (non-hydrogen) atoms. The minimum atomic E-state index is -4.79. The first kappa shape index (κ1) is 23.5. The Labute approximate surface area is 180 Å². The summed E-state index contributed by atoms with van der Waals surface area (Å²) in [5.41, 5.74) is 2.67. The van der Waals surface area contributed by atoms with Crippen molar-refractivity contribution >= 4 is 17.5 Å². The zero-order chi connectivity index (χ0) is 23.8. The Hall–Kier alpha value is -3.21. The second-order valence-electron chi connectivity index (χ2n) is 7.63. The van der Waals surface area contributed by atoms with Crippen LogP contribution in [0.2, 0.25) is 0 Å². The molecule has 1 aromatic heterocycles. The lowest BCUT2D eigenvalue weighted by atomic mass is 9.77. The predicted molar refractivity (Wildman–Crippen MR) is 106 cm³/mol. The number of carbonyl (C=O) groups excluding carboxylic acids is 2. The van der Waals surface area contributed by atoms with Gasteiger partial charge in [-0.3, -0.25) is 14.6 Å². The lowest BCUT2D eigenvalue weighted by molar-refractivity contribution is -0.272. The molecule has 2 aromatic rings. The summed E-state index contributed by atoms with van der Waals surface area (Å²) >= 11 is 0. The first-order chi connectivity index (χ1) is 14.9. The van der Waals surface area contributed by atoms with Crippen LogP contribution in [0.3, 0.4) is 0 Å². The Bertz CT molecular complexity index is 1050. The fourth-order valence-corrected chi connectivity index (χ4v) is 3.84. The molecule has 0 saturated carbocycles. The third-order valence-corrected chi connectivity index (χ3v) is 5.76. The summed E-state index contributed by atoms with van der Waals surface area (Å²) in [5, 5.41) is 2.44. The van der Waals surface area contributed by atoms with Crippen molar-refractivity contribution < 1.29 is 36.6 Å². The van der Waals surface area contributed by atoms with Gasteiger partial charge in [0.15, 0.2) is 5.60 Å². The fourth-order valence-electron chi connectivity index (χ4n) is 3.84. The number of rotatable bonds is 5. The van der Waals surface area contributed by atoms with Crippen molar-refractivity contribution in [3.63, 3.8) is 0 Å². The van der Waals surface area contributed by atoms with Gasteiger partial charge in [0, 0.05) is 35.3 Å². The van der Waals surface area contributed by atoms with Crippen molar-refractivity contribution in [3.8, 4) is 5.75 Å². The van der Waals surface area contributed by atoms with Crippen LogP contribution in [0.25, 0.3) is 0 Å². The number of pyridine rings is 1. The molecular weight excluding hydrogens is 434 g/mol. The lowest BCUT2D eigenvalue weighted by Crippen LogP contribution is -2.47. The average Bonchev–Trinajstić information content (AvgIpc) is 3.00. The molecule has 7 nitrogen and oxygen atoms in total. The first-order valence-corrected chi connectivity index (χ1v) is 9.53. The van der Waals surface area contributed by atoms with Crippen LogP contribution in [-0.2, 0) is 9.53 Å². The number of halogens is 4. The van der Waals surface area contributed by atoms with Crippen molar-refractivity contribution in [2.45, 2.75) is 37.6 Å². The molecule has 1 aliphatic rings. The number of ether oxygens (including phenoxy) is 2. The Balaban J connectivity index is 2.04. The van der Waals surface area contributed by atoms with Gasteiger partial charge in [0.2, 0.25) is 0 Å².